The Morgan fingerprint density at radius 1 is 1.23 bits per heavy atom. The molecule has 160 valence electrons. The highest BCUT2D eigenvalue weighted by molar-refractivity contribution is 5.90. The second-order valence-corrected chi connectivity index (χ2v) is 7.60. The number of aryl methyl sites for hydroxylation is 2. The molecule has 0 aromatic carbocycles. The van der Waals surface area contributed by atoms with Crippen molar-refractivity contribution in [2.45, 2.75) is 34.2 Å². The number of rotatable bonds is 7. The van der Waals surface area contributed by atoms with E-state index in [1.165, 1.54) is 5.57 Å². The van der Waals surface area contributed by atoms with Gasteiger partial charge in [-0.15, -0.1) is 0 Å². The minimum atomic E-state index is -0.186. The average molecular weight is 417 g/mol. The van der Waals surface area contributed by atoms with Crippen molar-refractivity contribution in [3.63, 3.8) is 0 Å². The zero-order valence-corrected chi connectivity index (χ0v) is 18.7. The zero-order valence-electron chi connectivity index (χ0n) is 18.7. The van der Waals surface area contributed by atoms with Crippen molar-refractivity contribution in [1.29, 1.82) is 0 Å². The van der Waals surface area contributed by atoms with E-state index in [1.54, 1.807) is 33.9 Å². The number of allylic oxidation sites excluding steroid dienone is 5. The lowest BCUT2D eigenvalue weighted by Gasteiger charge is -2.08. The van der Waals surface area contributed by atoms with E-state index in [9.17, 15) is 4.79 Å². The lowest BCUT2D eigenvalue weighted by molar-refractivity contribution is -0.117. The van der Waals surface area contributed by atoms with Gasteiger partial charge in [-0.05, 0) is 51.5 Å². The van der Waals surface area contributed by atoms with E-state index >= 15 is 0 Å². The molecule has 7 heteroatoms. The van der Waals surface area contributed by atoms with Crippen LogP contribution in [0.5, 0.6) is 0 Å². The van der Waals surface area contributed by atoms with Crippen LogP contribution < -0.4 is 5.32 Å². The van der Waals surface area contributed by atoms with E-state index in [4.69, 9.17) is 0 Å². The smallest absolute Gasteiger partial charge is 0.247 e. The number of carbonyl (C=O) groups is 1. The van der Waals surface area contributed by atoms with Crippen LogP contribution >= 0.6 is 0 Å². The van der Waals surface area contributed by atoms with Crippen molar-refractivity contribution in [3.8, 4) is 11.3 Å². The molecule has 7 nitrogen and oxygen atoms in total. The van der Waals surface area contributed by atoms with Gasteiger partial charge in [-0.1, -0.05) is 30.4 Å². The third kappa shape index (κ3) is 5.06. The lowest BCUT2D eigenvalue weighted by atomic mass is 10.0. The number of carbonyl (C=O) groups excluding carboxylic acids is 1. The minimum absolute atomic E-state index is 0.105. The molecule has 0 aliphatic carbocycles. The highest BCUT2D eigenvalue weighted by atomic mass is 16.2. The molecule has 0 atom stereocenters. The fraction of sp³-hybridized carbons (Fsp3) is 0.250. The predicted octanol–water partition coefficient (Wildman–Crippen LogP) is 4.47. The summed E-state index contributed by atoms with van der Waals surface area (Å²) in [5.41, 5.74) is 6.92. The first-order valence-corrected chi connectivity index (χ1v) is 10.1. The Morgan fingerprint density at radius 2 is 2.00 bits per heavy atom. The molecule has 0 radical (unpaired) electrons. The summed E-state index contributed by atoms with van der Waals surface area (Å²) in [5, 5.41) is 11.6. The van der Waals surface area contributed by atoms with Gasteiger partial charge < -0.3 is 5.32 Å². The molecular weight excluding hydrogens is 388 g/mol. The second kappa shape index (κ2) is 9.38. The molecule has 0 saturated carbocycles. The Morgan fingerprint density at radius 3 is 2.58 bits per heavy atom. The third-order valence-corrected chi connectivity index (χ3v) is 4.85. The normalized spacial score (nSPS) is 11.3. The van der Waals surface area contributed by atoms with Gasteiger partial charge in [0.15, 0.2) is 0 Å². The number of nitrogens with one attached hydrogen (secondary N) is 1. The quantitative estimate of drug-likeness (QED) is 0.577. The van der Waals surface area contributed by atoms with E-state index in [2.05, 4.69) is 33.2 Å². The fourth-order valence-electron chi connectivity index (χ4n) is 3.51. The molecule has 3 heterocycles. The monoisotopic (exact) mass is 416 g/mol. The number of nitrogens with zero attached hydrogens (tertiary/aromatic N) is 5. The predicted molar refractivity (Wildman–Crippen MR) is 124 cm³/mol. The summed E-state index contributed by atoms with van der Waals surface area (Å²) in [6.45, 7) is 11.9. The highest BCUT2D eigenvalue weighted by Crippen LogP contribution is 2.25. The topological polar surface area (TPSA) is 77.6 Å². The van der Waals surface area contributed by atoms with Crippen molar-refractivity contribution >= 4 is 17.3 Å². The molecule has 3 rings (SSSR count). The van der Waals surface area contributed by atoms with E-state index in [1.807, 2.05) is 53.0 Å². The Kier molecular flexibility index (Phi) is 6.65. The summed E-state index contributed by atoms with van der Waals surface area (Å²) in [4.78, 5) is 17.0. The third-order valence-electron chi connectivity index (χ3n) is 4.85. The number of amides is 1. The molecule has 0 unspecified atom stereocenters. The van der Waals surface area contributed by atoms with Crippen LogP contribution in [-0.4, -0.2) is 30.5 Å². The largest absolute Gasteiger partial charge is 0.309 e. The number of aromatic nitrogens is 5. The first kappa shape index (κ1) is 22.0. The Balaban J connectivity index is 1.75. The summed E-state index contributed by atoms with van der Waals surface area (Å²) in [6.07, 6.45) is 9.28. The van der Waals surface area contributed by atoms with Gasteiger partial charge in [0.1, 0.15) is 12.4 Å². The van der Waals surface area contributed by atoms with Crippen LogP contribution in [0.3, 0.4) is 0 Å². The van der Waals surface area contributed by atoms with E-state index in [0.29, 0.717) is 5.82 Å². The zero-order chi connectivity index (χ0) is 22.5. The molecule has 0 aliphatic heterocycles. The van der Waals surface area contributed by atoms with Crippen LogP contribution in [0.4, 0.5) is 5.82 Å². The van der Waals surface area contributed by atoms with Crippen LogP contribution in [0.1, 0.15) is 30.8 Å². The molecule has 1 amide bonds. The van der Waals surface area contributed by atoms with Gasteiger partial charge in [0.25, 0.3) is 0 Å². The molecule has 31 heavy (non-hydrogen) atoms. The van der Waals surface area contributed by atoms with Crippen molar-refractivity contribution in [3.05, 3.63) is 77.9 Å². The number of anilines is 1. The highest BCUT2D eigenvalue weighted by Gasteiger charge is 2.16. The lowest BCUT2D eigenvalue weighted by Crippen LogP contribution is -2.21. The van der Waals surface area contributed by atoms with Crippen LogP contribution in [0.2, 0.25) is 0 Å². The van der Waals surface area contributed by atoms with Crippen molar-refractivity contribution in [1.82, 2.24) is 24.5 Å². The van der Waals surface area contributed by atoms with Crippen molar-refractivity contribution < 1.29 is 4.79 Å². The van der Waals surface area contributed by atoms with Gasteiger partial charge in [-0.25, -0.2) is 4.98 Å². The molecule has 3 aromatic heterocycles. The summed E-state index contributed by atoms with van der Waals surface area (Å²) in [6, 6.07) is 5.61. The van der Waals surface area contributed by atoms with Crippen molar-refractivity contribution in [2.24, 2.45) is 7.05 Å². The second-order valence-electron chi connectivity index (χ2n) is 7.60. The Bertz CT molecular complexity index is 1160. The Labute approximate surface area is 182 Å². The molecule has 0 fully saturated rings. The molecule has 0 aliphatic rings. The number of pyridine rings is 1. The SMILES string of the molecule is C=C/C=C(\C=C(C)C)c1c(C)nn(CC(=O)Nc2ccc(-c3ccnn3C)cn2)c1C. The fourth-order valence-corrected chi connectivity index (χ4v) is 3.51. The van der Waals surface area contributed by atoms with E-state index in [0.717, 1.165) is 33.8 Å². The van der Waals surface area contributed by atoms with Gasteiger partial charge in [0.05, 0.1) is 11.4 Å². The van der Waals surface area contributed by atoms with Gasteiger partial charge in [-0.2, -0.15) is 10.2 Å². The maximum absolute atomic E-state index is 12.6. The molecule has 0 spiro atoms. The maximum Gasteiger partial charge on any atom is 0.247 e. The Hall–Kier alpha value is -3.74. The molecule has 0 bridgehead atoms. The summed E-state index contributed by atoms with van der Waals surface area (Å²) in [7, 11) is 1.88. The van der Waals surface area contributed by atoms with Gasteiger partial charge >= 0.3 is 0 Å². The van der Waals surface area contributed by atoms with Gasteiger partial charge in [-0.3, -0.25) is 14.2 Å². The summed E-state index contributed by atoms with van der Waals surface area (Å²) in [5.74, 6) is 0.309. The van der Waals surface area contributed by atoms with Crippen molar-refractivity contribution in [2.75, 3.05) is 5.32 Å². The first-order valence-electron chi connectivity index (χ1n) is 10.1. The van der Waals surface area contributed by atoms with Gasteiger partial charge in [0, 0.05) is 36.3 Å². The molecule has 3 aromatic rings. The first-order chi connectivity index (χ1) is 14.8. The average Bonchev–Trinajstić information content (AvgIpc) is 3.24. The van der Waals surface area contributed by atoms with Crippen LogP contribution in [0, 0.1) is 13.8 Å². The maximum atomic E-state index is 12.6. The molecular formula is C24H28N6O. The minimum Gasteiger partial charge on any atom is -0.309 e. The molecule has 0 saturated heterocycles. The van der Waals surface area contributed by atoms with Gasteiger partial charge in [0.2, 0.25) is 5.91 Å². The summed E-state index contributed by atoms with van der Waals surface area (Å²) >= 11 is 0. The standard InChI is InChI=1S/C24H28N6O/c1-7-8-19(13-16(2)3)24-17(4)28-30(18(24)5)15-23(31)27-22-10-9-20(14-25-22)21-11-12-26-29(21)6/h7-14H,1,15H2,2-6H3,(H,25,27,31)/b19-8+. The van der Waals surface area contributed by atoms with E-state index in [-0.39, 0.29) is 12.5 Å². The summed E-state index contributed by atoms with van der Waals surface area (Å²) < 4.78 is 3.50. The van der Waals surface area contributed by atoms with Crippen LogP contribution in [-0.2, 0) is 18.4 Å². The number of hydrogen-bond donors (Lipinski definition) is 1. The van der Waals surface area contributed by atoms with E-state index < -0.39 is 0 Å². The van der Waals surface area contributed by atoms with Crippen LogP contribution in [0.25, 0.3) is 16.8 Å². The number of hydrogen-bond acceptors (Lipinski definition) is 4. The van der Waals surface area contributed by atoms with Crippen LogP contribution in [0.15, 0.2) is 61.0 Å². The molecule has 1 N–H and O–H groups in total.